The zero-order valence-corrected chi connectivity index (χ0v) is 9.61. The average molecular weight is 236 g/mol. The standard InChI is InChI=1S/C10H12Cl2FN/c1-14(2)6-9(12)7-3-4-8(11)10(13)5-7/h3-5,9H,6H2,1-2H3. The first-order valence-electron chi connectivity index (χ1n) is 4.24. The lowest BCUT2D eigenvalue weighted by Gasteiger charge is -2.15. The summed E-state index contributed by atoms with van der Waals surface area (Å²) in [5.41, 5.74) is 0.752. The fourth-order valence-electron chi connectivity index (χ4n) is 1.13. The molecule has 0 radical (unpaired) electrons. The van der Waals surface area contributed by atoms with Crippen molar-refractivity contribution in [3.8, 4) is 0 Å². The summed E-state index contributed by atoms with van der Waals surface area (Å²) in [6.07, 6.45) is 0. The van der Waals surface area contributed by atoms with Gasteiger partial charge in [0.25, 0.3) is 0 Å². The summed E-state index contributed by atoms with van der Waals surface area (Å²) in [4.78, 5) is 1.95. The molecule has 1 unspecified atom stereocenters. The molecule has 1 nitrogen and oxygen atoms in total. The number of hydrogen-bond donors (Lipinski definition) is 0. The molecule has 0 N–H and O–H groups in total. The SMILES string of the molecule is CN(C)CC(Cl)c1ccc(Cl)c(F)c1. The Kier molecular flexibility index (Phi) is 4.17. The Morgan fingerprint density at radius 2 is 2.07 bits per heavy atom. The first-order chi connectivity index (χ1) is 6.50. The van der Waals surface area contributed by atoms with Crippen molar-refractivity contribution in [1.82, 2.24) is 4.90 Å². The van der Waals surface area contributed by atoms with Gasteiger partial charge in [0.1, 0.15) is 5.82 Å². The van der Waals surface area contributed by atoms with Gasteiger partial charge < -0.3 is 4.90 Å². The molecule has 1 atom stereocenters. The minimum atomic E-state index is -0.423. The van der Waals surface area contributed by atoms with E-state index >= 15 is 0 Å². The van der Waals surface area contributed by atoms with Gasteiger partial charge in [0.05, 0.1) is 10.4 Å². The Morgan fingerprint density at radius 3 is 2.57 bits per heavy atom. The van der Waals surface area contributed by atoms with Crippen molar-refractivity contribution in [2.24, 2.45) is 0 Å². The number of alkyl halides is 1. The molecule has 0 aliphatic rings. The smallest absolute Gasteiger partial charge is 0.142 e. The summed E-state index contributed by atoms with van der Waals surface area (Å²) in [5.74, 6) is -0.423. The Labute approximate surface area is 93.4 Å². The summed E-state index contributed by atoms with van der Waals surface area (Å²) in [7, 11) is 3.84. The highest BCUT2D eigenvalue weighted by atomic mass is 35.5. The number of benzene rings is 1. The van der Waals surface area contributed by atoms with Crippen LogP contribution in [-0.2, 0) is 0 Å². The van der Waals surface area contributed by atoms with Gasteiger partial charge in [-0.3, -0.25) is 0 Å². The highest BCUT2D eigenvalue weighted by Gasteiger charge is 2.10. The van der Waals surface area contributed by atoms with Crippen LogP contribution in [-0.4, -0.2) is 25.5 Å². The Morgan fingerprint density at radius 1 is 1.43 bits per heavy atom. The molecule has 1 aromatic carbocycles. The van der Waals surface area contributed by atoms with Gasteiger partial charge >= 0.3 is 0 Å². The van der Waals surface area contributed by atoms with E-state index in [0.717, 1.165) is 5.56 Å². The zero-order valence-electron chi connectivity index (χ0n) is 8.10. The van der Waals surface area contributed by atoms with Crippen LogP contribution in [0.4, 0.5) is 4.39 Å². The van der Waals surface area contributed by atoms with Crippen LogP contribution >= 0.6 is 23.2 Å². The third-order valence-electron chi connectivity index (χ3n) is 1.83. The van der Waals surface area contributed by atoms with Gasteiger partial charge in [-0.2, -0.15) is 0 Å². The minimum absolute atomic E-state index is 0.127. The molecule has 0 saturated heterocycles. The topological polar surface area (TPSA) is 3.24 Å². The van der Waals surface area contributed by atoms with Gasteiger partial charge in [-0.15, -0.1) is 11.6 Å². The Hall–Kier alpha value is -0.310. The molecule has 0 fully saturated rings. The monoisotopic (exact) mass is 235 g/mol. The molecule has 0 aliphatic carbocycles. The molecule has 0 spiro atoms. The van der Waals surface area contributed by atoms with Crippen LogP contribution in [0.2, 0.25) is 5.02 Å². The molecular formula is C10H12Cl2FN. The summed E-state index contributed by atoms with van der Waals surface area (Å²) < 4.78 is 13.1. The summed E-state index contributed by atoms with van der Waals surface area (Å²) in [5, 5.41) is -0.0840. The van der Waals surface area contributed by atoms with E-state index in [4.69, 9.17) is 23.2 Å². The predicted molar refractivity (Wildman–Crippen MR) is 58.6 cm³/mol. The van der Waals surface area contributed by atoms with Crippen LogP contribution in [0.25, 0.3) is 0 Å². The van der Waals surface area contributed by atoms with Gasteiger partial charge in [-0.25, -0.2) is 4.39 Å². The highest BCUT2D eigenvalue weighted by molar-refractivity contribution is 6.30. The first-order valence-corrected chi connectivity index (χ1v) is 5.06. The number of rotatable bonds is 3. The number of nitrogens with zero attached hydrogens (tertiary/aromatic N) is 1. The Balaban J connectivity index is 2.80. The maximum absolute atomic E-state index is 13.1. The molecule has 0 aliphatic heterocycles. The molecule has 78 valence electrons. The van der Waals surface area contributed by atoms with E-state index in [2.05, 4.69) is 0 Å². The third-order valence-corrected chi connectivity index (χ3v) is 2.53. The summed E-state index contributed by atoms with van der Waals surface area (Å²) in [6, 6.07) is 4.65. The molecule has 0 amide bonds. The summed E-state index contributed by atoms with van der Waals surface area (Å²) in [6.45, 7) is 0.669. The van der Waals surface area contributed by atoms with Crippen molar-refractivity contribution in [2.75, 3.05) is 20.6 Å². The maximum atomic E-state index is 13.1. The minimum Gasteiger partial charge on any atom is -0.308 e. The van der Waals surface area contributed by atoms with Crippen LogP contribution in [0.5, 0.6) is 0 Å². The molecule has 1 aromatic rings. The van der Waals surface area contributed by atoms with Crippen LogP contribution in [0, 0.1) is 5.82 Å². The Bertz CT molecular complexity index is 315. The van der Waals surface area contributed by atoms with Crippen molar-refractivity contribution in [2.45, 2.75) is 5.38 Å². The molecule has 0 saturated carbocycles. The largest absolute Gasteiger partial charge is 0.308 e. The van der Waals surface area contributed by atoms with E-state index in [1.165, 1.54) is 12.1 Å². The van der Waals surface area contributed by atoms with Crippen molar-refractivity contribution in [1.29, 1.82) is 0 Å². The van der Waals surface area contributed by atoms with Crippen LogP contribution in [0.1, 0.15) is 10.9 Å². The van der Waals surface area contributed by atoms with E-state index in [0.29, 0.717) is 6.54 Å². The van der Waals surface area contributed by atoms with E-state index < -0.39 is 5.82 Å². The maximum Gasteiger partial charge on any atom is 0.142 e. The molecule has 1 rings (SSSR count). The van der Waals surface area contributed by atoms with Gasteiger partial charge in [0, 0.05) is 6.54 Å². The molecule has 0 bridgehead atoms. The molecule has 0 aromatic heterocycles. The number of halogens is 3. The zero-order chi connectivity index (χ0) is 10.7. The van der Waals surface area contributed by atoms with E-state index in [1.54, 1.807) is 6.07 Å². The second kappa shape index (κ2) is 4.96. The van der Waals surface area contributed by atoms with Crippen molar-refractivity contribution < 1.29 is 4.39 Å². The first kappa shape index (κ1) is 11.8. The molecule has 14 heavy (non-hydrogen) atoms. The summed E-state index contributed by atoms with van der Waals surface area (Å²) >= 11 is 11.6. The van der Waals surface area contributed by atoms with E-state index in [9.17, 15) is 4.39 Å². The number of likely N-dealkylation sites (N-methyl/N-ethyl adjacent to an activating group) is 1. The third kappa shape index (κ3) is 3.12. The lowest BCUT2D eigenvalue weighted by Crippen LogP contribution is -2.17. The van der Waals surface area contributed by atoms with Gasteiger partial charge in [-0.05, 0) is 31.8 Å². The molecule has 0 heterocycles. The fraction of sp³-hybridized carbons (Fsp3) is 0.400. The molecule has 4 heteroatoms. The lowest BCUT2D eigenvalue weighted by molar-refractivity contribution is 0.407. The average Bonchev–Trinajstić information content (AvgIpc) is 2.08. The number of hydrogen-bond acceptors (Lipinski definition) is 1. The highest BCUT2D eigenvalue weighted by Crippen LogP contribution is 2.24. The van der Waals surface area contributed by atoms with E-state index in [1.807, 2.05) is 19.0 Å². The fourth-order valence-corrected chi connectivity index (χ4v) is 1.66. The van der Waals surface area contributed by atoms with Gasteiger partial charge in [0.2, 0.25) is 0 Å². The van der Waals surface area contributed by atoms with Crippen molar-refractivity contribution >= 4 is 23.2 Å². The predicted octanol–water partition coefficient (Wildman–Crippen LogP) is 3.32. The van der Waals surface area contributed by atoms with Crippen molar-refractivity contribution in [3.05, 3.63) is 34.6 Å². The van der Waals surface area contributed by atoms with Gasteiger partial charge in [-0.1, -0.05) is 17.7 Å². The second-order valence-electron chi connectivity index (χ2n) is 3.40. The van der Waals surface area contributed by atoms with E-state index in [-0.39, 0.29) is 10.4 Å². The normalized spacial score (nSPS) is 13.3. The quantitative estimate of drug-likeness (QED) is 0.727. The van der Waals surface area contributed by atoms with Crippen LogP contribution in [0.15, 0.2) is 18.2 Å². The second-order valence-corrected chi connectivity index (χ2v) is 4.34. The van der Waals surface area contributed by atoms with Crippen LogP contribution < -0.4 is 0 Å². The van der Waals surface area contributed by atoms with Crippen LogP contribution in [0.3, 0.4) is 0 Å². The van der Waals surface area contributed by atoms with Crippen molar-refractivity contribution in [3.63, 3.8) is 0 Å². The lowest BCUT2D eigenvalue weighted by atomic mass is 10.1. The molecular weight excluding hydrogens is 224 g/mol. The van der Waals surface area contributed by atoms with Gasteiger partial charge in [0.15, 0.2) is 0 Å².